The van der Waals surface area contributed by atoms with E-state index in [9.17, 15) is 4.79 Å². The largest absolute Gasteiger partial charge is 0.458 e. The fourth-order valence-corrected chi connectivity index (χ4v) is 4.70. The summed E-state index contributed by atoms with van der Waals surface area (Å²) >= 11 is 0. The van der Waals surface area contributed by atoms with Crippen LogP contribution in [0.15, 0.2) is 30.5 Å². The van der Waals surface area contributed by atoms with Crippen molar-refractivity contribution in [2.75, 3.05) is 13.6 Å². The van der Waals surface area contributed by atoms with Gasteiger partial charge in [0.1, 0.15) is 12.6 Å². The van der Waals surface area contributed by atoms with Crippen molar-refractivity contribution in [1.29, 1.82) is 0 Å². The Bertz CT molecular complexity index is 802. The molecule has 0 spiro atoms. The minimum Gasteiger partial charge on any atom is -0.458 e. The molecule has 2 unspecified atom stereocenters. The molecule has 0 aliphatic carbocycles. The van der Waals surface area contributed by atoms with Crippen molar-refractivity contribution in [1.82, 2.24) is 4.98 Å². The fourth-order valence-electron chi connectivity index (χ4n) is 4.70. The lowest BCUT2D eigenvalue weighted by Crippen LogP contribution is -2.59. The number of hydrogen-bond donors (Lipinski definition) is 1. The summed E-state index contributed by atoms with van der Waals surface area (Å²) in [5.74, 6) is 2.62. The summed E-state index contributed by atoms with van der Waals surface area (Å²) in [6.07, 6.45) is 11.5. The Morgan fingerprint density at radius 2 is 2.04 bits per heavy atom. The van der Waals surface area contributed by atoms with Crippen LogP contribution < -0.4 is 0 Å². The molecule has 0 radical (unpaired) electrons. The van der Waals surface area contributed by atoms with E-state index in [2.05, 4.69) is 18.0 Å². The van der Waals surface area contributed by atoms with Gasteiger partial charge in [-0.25, -0.2) is 4.79 Å². The Labute approximate surface area is 142 Å². The van der Waals surface area contributed by atoms with Gasteiger partial charge in [-0.1, -0.05) is 18.2 Å². The zero-order valence-electron chi connectivity index (χ0n) is 14.0. The van der Waals surface area contributed by atoms with E-state index in [-0.39, 0.29) is 12.1 Å². The van der Waals surface area contributed by atoms with E-state index >= 15 is 0 Å². The number of hydrogen-bond acceptors (Lipinski definition) is 2. The molecule has 1 aromatic heterocycles. The number of esters is 1. The van der Waals surface area contributed by atoms with Crippen LogP contribution in [0.4, 0.5) is 0 Å². The number of rotatable bonds is 3. The molecule has 2 bridgehead atoms. The molecule has 2 aromatic rings. The van der Waals surface area contributed by atoms with Crippen LogP contribution in [0.25, 0.3) is 10.9 Å². The molecule has 4 nitrogen and oxygen atoms in total. The van der Waals surface area contributed by atoms with Crippen molar-refractivity contribution < 1.29 is 14.0 Å². The van der Waals surface area contributed by atoms with Gasteiger partial charge in [0.05, 0.1) is 24.7 Å². The number of nitrogens with one attached hydrogen (secondary N) is 1. The average molecular weight is 323 g/mol. The number of nitrogens with zero attached hydrogens (tertiary/aromatic N) is 1. The van der Waals surface area contributed by atoms with Crippen molar-refractivity contribution in [3.63, 3.8) is 0 Å². The first kappa shape index (κ1) is 15.3. The Balaban J connectivity index is 1.49. The van der Waals surface area contributed by atoms with Crippen LogP contribution >= 0.6 is 0 Å². The number of piperidine rings is 1. The zero-order valence-corrected chi connectivity index (χ0v) is 14.0. The van der Waals surface area contributed by atoms with Gasteiger partial charge < -0.3 is 14.2 Å². The summed E-state index contributed by atoms with van der Waals surface area (Å²) in [6.45, 7) is 0.776. The third kappa shape index (κ3) is 2.32. The monoisotopic (exact) mass is 323 g/mol. The zero-order chi connectivity index (χ0) is 16.7. The molecule has 2 atom stereocenters. The third-order valence-corrected chi connectivity index (χ3v) is 6.09. The SMILES string of the molecule is C#CC[N+]1(C)C2CCC1CC(OC(=O)c1c[nH]c3ccccc13)C2. The lowest BCUT2D eigenvalue weighted by Gasteiger charge is -2.45. The van der Waals surface area contributed by atoms with Gasteiger partial charge in [-0.3, -0.25) is 0 Å². The van der Waals surface area contributed by atoms with Crippen molar-refractivity contribution in [3.8, 4) is 12.3 Å². The summed E-state index contributed by atoms with van der Waals surface area (Å²) in [7, 11) is 2.26. The number of quaternary nitrogens is 1. The summed E-state index contributed by atoms with van der Waals surface area (Å²) in [5, 5.41) is 0.925. The van der Waals surface area contributed by atoms with Crippen molar-refractivity contribution in [2.24, 2.45) is 0 Å². The first-order valence-corrected chi connectivity index (χ1v) is 8.67. The van der Waals surface area contributed by atoms with Crippen molar-refractivity contribution in [3.05, 3.63) is 36.0 Å². The second-order valence-corrected chi connectivity index (χ2v) is 7.34. The number of benzene rings is 1. The Hall–Kier alpha value is -2.25. The van der Waals surface area contributed by atoms with Crippen molar-refractivity contribution in [2.45, 2.75) is 43.9 Å². The molecule has 2 fully saturated rings. The quantitative estimate of drug-likeness (QED) is 0.536. The van der Waals surface area contributed by atoms with Crippen LogP contribution in [0.3, 0.4) is 0 Å². The number of carbonyl (C=O) groups excluding carboxylic acids is 1. The van der Waals surface area contributed by atoms with Gasteiger partial charge >= 0.3 is 5.97 Å². The van der Waals surface area contributed by atoms with E-state index in [1.807, 2.05) is 24.3 Å². The number of H-pyrrole nitrogens is 1. The topological polar surface area (TPSA) is 42.1 Å². The lowest BCUT2D eigenvalue weighted by molar-refractivity contribution is -0.943. The minimum atomic E-state index is -0.218. The summed E-state index contributed by atoms with van der Waals surface area (Å²) < 4.78 is 6.83. The van der Waals surface area contributed by atoms with Crippen LogP contribution in [0.1, 0.15) is 36.0 Å². The van der Waals surface area contributed by atoms with E-state index in [4.69, 9.17) is 11.2 Å². The summed E-state index contributed by atoms with van der Waals surface area (Å²) in [5.41, 5.74) is 1.59. The highest BCUT2D eigenvalue weighted by molar-refractivity contribution is 6.04. The highest BCUT2D eigenvalue weighted by Crippen LogP contribution is 2.42. The Morgan fingerprint density at radius 3 is 2.75 bits per heavy atom. The molecule has 2 saturated heterocycles. The highest BCUT2D eigenvalue weighted by atomic mass is 16.5. The van der Waals surface area contributed by atoms with E-state index in [1.165, 1.54) is 12.8 Å². The molecule has 1 N–H and O–H groups in total. The molecule has 3 heterocycles. The molecule has 4 rings (SSSR count). The third-order valence-electron chi connectivity index (χ3n) is 6.09. The summed E-state index contributed by atoms with van der Waals surface area (Å²) in [4.78, 5) is 15.8. The van der Waals surface area contributed by atoms with E-state index in [0.717, 1.165) is 34.8 Å². The van der Waals surface area contributed by atoms with Gasteiger partial charge in [-0.05, 0) is 12.0 Å². The fraction of sp³-hybridized carbons (Fsp3) is 0.450. The predicted octanol–water partition coefficient (Wildman–Crippen LogP) is 3.10. The molecular formula is C20H23N2O2+. The van der Waals surface area contributed by atoms with Gasteiger partial charge in [0.2, 0.25) is 0 Å². The predicted molar refractivity (Wildman–Crippen MR) is 93.4 cm³/mol. The van der Waals surface area contributed by atoms with Gasteiger partial charge in [0.25, 0.3) is 0 Å². The second-order valence-electron chi connectivity index (χ2n) is 7.34. The van der Waals surface area contributed by atoms with Gasteiger partial charge in [0.15, 0.2) is 0 Å². The molecule has 1 aromatic carbocycles. The molecule has 124 valence electrons. The first-order valence-electron chi connectivity index (χ1n) is 8.67. The molecule has 4 heteroatoms. The number of para-hydroxylation sites is 1. The van der Waals surface area contributed by atoms with E-state index < -0.39 is 0 Å². The number of carbonyl (C=O) groups is 1. The molecule has 2 aliphatic heterocycles. The first-order chi connectivity index (χ1) is 11.6. The molecule has 2 aliphatic rings. The number of ether oxygens (including phenoxy) is 1. The average Bonchev–Trinajstić information content (AvgIpc) is 3.03. The van der Waals surface area contributed by atoms with Crippen LogP contribution in [0.2, 0.25) is 0 Å². The molecule has 24 heavy (non-hydrogen) atoms. The Morgan fingerprint density at radius 1 is 1.33 bits per heavy atom. The smallest absolute Gasteiger partial charge is 0.340 e. The van der Waals surface area contributed by atoms with Crippen molar-refractivity contribution >= 4 is 16.9 Å². The maximum absolute atomic E-state index is 12.6. The van der Waals surface area contributed by atoms with Gasteiger partial charge in [-0.15, -0.1) is 6.42 Å². The molecular weight excluding hydrogens is 300 g/mol. The number of aromatic amines is 1. The van der Waals surface area contributed by atoms with Gasteiger partial charge in [0, 0.05) is 42.8 Å². The number of terminal acetylenes is 1. The minimum absolute atomic E-state index is 0.00707. The van der Waals surface area contributed by atoms with Crippen LogP contribution in [0.5, 0.6) is 0 Å². The van der Waals surface area contributed by atoms with E-state index in [0.29, 0.717) is 17.6 Å². The van der Waals surface area contributed by atoms with E-state index in [1.54, 1.807) is 6.20 Å². The Kier molecular flexibility index (Phi) is 3.62. The number of aromatic nitrogens is 1. The summed E-state index contributed by atoms with van der Waals surface area (Å²) in [6, 6.07) is 8.85. The lowest BCUT2D eigenvalue weighted by atomic mass is 9.96. The maximum Gasteiger partial charge on any atom is 0.340 e. The molecule has 0 saturated carbocycles. The van der Waals surface area contributed by atoms with Crippen LogP contribution in [-0.2, 0) is 4.74 Å². The maximum atomic E-state index is 12.6. The number of fused-ring (bicyclic) bond motifs is 3. The molecule has 0 amide bonds. The van der Waals surface area contributed by atoms with Crippen LogP contribution in [0, 0.1) is 12.3 Å². The van der Waals surface area contributed by atoms with Gasteiger partial charge in [-0.2, -0.15) is 0 Å². The standard InChI is InChI=1S/C20H22N2O2/c1-3-10-22(2)14-8-9-15(22)12-16(11-14)24-20(23)18-13-21-19-7-5-4-6-17(18)19/h1,4-7,13-16H,8-12H2,2H3/p+1. The highest BCUT2D eigenvalue weighted by Gasteiger charge is 2.52. The van der Waals surface area contributed by atoms with Crippen LogP contribution in [-0.4, -0.2) is 47.2 Å². The second kappa shape index (κ2) is 5.68. The normalized spacial score (nSPS) is 31.8.